The third-order valence-corrected chi connectivity index (χ3v) is 3.63. The van der Waals surface area contributed by atoms with E-state index < -0.39 is 15.5 Å². The van der Waals surface area contributed by atoms with Gasteiger partial charge in [0.2, 0.25) is 5.75 Å². The molecular weight excluding hydrogens is 318 g/mol. The number of methoxy groups -OCH3 is 1. The fraction of sp³-hybridized carbons (Fsp3) is 0.200. The fourth-order valence-electron chi connectivity index (χ4n) is 2.38. The van der Waals surface area contributed by atoms with Crippen LogP contribution in [0, 0.1) is 20.2 Å². The molecule has 2 aromatic carbocycles. The van der Waals surface area contributed by atoms with Crippen LogP contribution >= 0.6 is 0 Å². The summed E-state index contributed by atoms with van der Waals surface area (Å²) in [5.41, 5.74) is 0.0977. The van der Waals surface area contributed by atoms with E-state index >= 15 is 0 Å². The second-order valence-corrected chi connectivity index (χ2v) is 5.11. The standard InChI is InChI=1S/C15H13N3O6/c1-23-14-5-3-2-4-11(14)13-9-16(13)24-15-7-6-10(17(19)20)8-12(15)18(21)22/h2-8,13H,9H2,1H3. The second-order valence-electron chi connectivity index (χ2n) is 5.11. The molecule has 9 heteroatoms. The maximum Gasteiger partial charge on any atom is 0.320 e. The van der Waals surface area contributed by atoms with Gasteiger partial charge in [-0.1, -0.05) is 18.2 Å². The van der Waals surface area contributed by atoms with Gasteiger partial charge in [-0.15, -0.1) is 5.06 Å². The Morgan fingerprint density at radius 1 is 1.08 bits per heavy atom. The van der Waals surface area contributed by atoms with Gasteiger partial charge >= 0.3 is 5.69 Å². The molecular formula is C15H13N3O6. The highest BCUT2D eigenvalue weighted by molar-refractivity contribution is 5.53. The van der Waals surface area contributed by atoms with Gasteiger partial charge in [0, 0.05) is 11.6 Å². The number of nitro benzene ring substituents is 2. The zero-order valence-electron chi connectivity index (χ0n) is 12.6. The smallest absolute Gasteiger partial charge is 0.320 e. The second kappa shape index (κ2) is 6.13. The van der Waals surface area contributed by atoms with Crippen molar-refractivity contribution in [3.8, 4) is 11.5 Å². The van der Waals surface area contributed by atoms with Gasteiger partial charge in [0.1, 0.15) is 5.75 Å². The lowest BCUT2D eigenvalue weighted by molar-refractivity contribution is -0.395. The largest absolute Gasteiger partial charge is 0.496 e. The SMILES string of the molecule is COc1ccccc1C1CN1Oc1ccc([N+](=O)[O-])cc1[N+](=O)[O-]. The van der Waals surface area contributed by atoms with Crippen LogP contribution in [0.2, 0.25) is 0 Å². The van der Waals surface area contributed by atoms with Gasteiger partial charge in [0.05, 0.1) is 35.6 Å². The Bertz CT molecular complexity index is 810. The quantitative estimate of drug-likeness (QED) is 0.455. The number of hydrogen-bond acceptors (Lipinski definition) is 7. The van der Waals surface area contributed by atoms with E-state index in [9.17, 15) is 20.2 Å². The molecule has 1 fully saturated rings. The number of para-hydroxylation sites is 1. The minimum Gasteiger partial charge on any atom is -0.496 e. The van der Waals surface area contributed by atoms with E-state index in [4.69, 9.17) is 9.57 Å². The van der Waals surface area contributed by atoms with Crippen LogP contribution in [0.4, 0.5) is 11.4 Å². The molecule has 0 aliphatic carbocycles. The highest BCUT2D eigenvalue weighted by Crippen LogP contribution is 2.42. The minimum absolute atomic E-state index is 0.0389. The normalized spacial score (nSPS) is 18.7. The van der Waals surface area contributed by atoms with Crippen LogP contribution in [0.5, 0.6) is 11.5 Å². The summed E-state index contributed by atoms with van der Waals surface area (Å²) in [4.78, 5) is 26.0. The van der Waals surface area contributed by atoms with E-state index in [1.54, 1.807) is 12.2 Å². The average molecular weight is 331 g/mol. The summed E-state index contributed by atoms with van der Waals surface area (Å²) < 4.78 is 5.28. The number of nitro groups is 2. The van der Waals surface area contributed by atoms with Gasteiger partial charge < -0.3 is 9.57 Å². The molecule has 0 N–H and O–H groups in total. The summed E-state index contributed by atoms with van der Waals surface area (Å²) >= 11 is 0. The number of hydrogen-bond donors (Lipinski definition) is 0. The summed E-state index contributed by atoms with van der Waals surface area (Å²) in [6, 6.07) is 10.6. The number of hydroxylamine groups is 2. The van der Waals surface area contributed by atoms with Crippen LogP contribution in [-0.4, -0.2) is 28.6 Å². The molecule has 1 saturated heterocycles. The van der Waals surface area contributed by atoms with Crippen molar-refractivity contribution < 1.29 is 19.4 Å². The Labute approximate surface area is 136 Å². The van der Waals surface area contributed by atoms with E-state index in [0.717, 1.165) is 11.6 Å². The van der Waals surface area contributed by atoms with Crippen molar-refractivity contribution >= 4 is 11.4 Å². The van der Waals surface area contributed by atoms with Gasteiger partial charge in [-0.25, -0.2) is 0 Å². The maximum absolute atomic E-state index is 11.1. The molecule has 0 bridgehead atoms. The van der Waals surface area contributed by atoms with Crippen LogP contribution in [0.1, 0.15) is 11.6 Å². The molecule has 1 aliphatic heterocycles. The Morgan fingerprint density at radius 2 is 1.83 bits per heavy atom. The van der Waals surface area contributed by atoms with Crippen molar-refractivity contribution in [1.82, 2.24) is 5.06 Å². The Morgan fingerprint density at radius 3 is 2.50 bits per heavy atom. The summed E-state index contributed by atoms with van der Waals surface area (Å²) in [7, 11) is 1.56. The van der Waals surface area contributed by atoms with E-state index in [0.29, 0.717) is 12.3 Å². The first-order valence-electron chi connectivity index (χ1n) is 7.01. The first-order valence-corrected chi connectivity index (χ1v) is 7.01. The molecule has 24 heavy (non-hydrogen) atoms. The Balaban J connectivity index is 1.81. The fourth-order valence-corrected chi connectivity index (χ4v) is 2.38. The van der Waals surface area contributed by atoms with E-state index in [1.807, 2.05) is 24.3 Å². The molecule has 0 saturated carbocycles. The van der Waals surface area contributed by atoms with E-state index in [2.05, 4.69) is 0 Å². The predicted octanol–water partition coefficient (Wildman–Crippen LogP) is 2.86. The highest BCUT2D eigenvalue weighted by atomic mass is 16.7. The van der Waals surface area contributed by atoms with Crippen LogP contribution < -0.4 is 9.57 Å². The third kappa shape index (κ3) is 2.97. The van der Waals surface area contributed by atoms with E-state index in [1.165, 1.54) is 12.1 Å². The Hall–Kier alpha value is -3.20. The van der Waals surface area contributed by atoms with Crippen molar-refractivity contribution in [3.63, 3.8) is 0 Å². The van der Waals surface area contributed by atoms with Crippen molar-refractivity contribution in [2.75, 3.05) is 13.7 Å². The van der Waals surface area contributed by atoms with Crippen molar-refractivity contribution in [2.24, 2.45) is 0 Å². The molecule has 2 aromatic rings. The summed E-state index contributed by atoms with van der Waals surface area (Å²) in [5, 5.41) is 23.4. The zero-order valence-corrected chi connectivity index (χ0v) is 12.6. The van der Waals surface area contributed by atoms with Gasteiger partial charge in [-0.3, -0.25) is 20.2 Å². The van der Waals surface area contributed by atoms with Crippen molar-refractivity contribution in [2.45, 2.75) is 6.04 Å². The van der Waals surface area contributed by atoms with Gasteiger partial charge in [0.15, 0.2) is 0 Å². The van der Waals surface area contributed by atoms with Crippen LogP contribution in [0.25, 0.3) is 0 Å². The first kappa shape index (κ1) is 15.7. The van der Waals surface area contributed by atoms with Gasteiger partial charge in [0.25, 0.3) is 5.69 Å². The molecule has 2 atom stereocenters. The first-order chi connectivity index (χ1) is 11.5. The molecule has 9 nitrogen and oxygen atoms in total. The lowest BCUT2D eigenvalue weighted by Crippen LogP contribution is -2.07. The topological polar surface area (TPSA) is 108 Å². The van der Waals surface area contributed by atoms with Crippen molar-refractivity contribution in [1.29, 1.82) is 0 Å². The summed E-state index contributed by atoms with van der Waals surface area (Å²) in [6.07, 6.45) is 0. The van der Waals surface area contributed by atoms with E-state index in [-0.39, 0.29) is 17.5 Å². The highest BCUT2D eigenvalue weighted by Gasteiger charge is 2.41. The number of benzene rings is 2. The molecule has 0 spiro atoms. The lowest BCUT2D eigenvalue weighted by Gasteiger charge is -2.09. The zero-order chi connectivity index (χ0) is 17.3. The predicted molar refractivity (Wildman–Crippen MR) is 82.8 cm³/mol. The molecule has 0 amide bonds. The number of ether oxygens (including phenoxy) is 1. The number of nitrogens with zero attached hydrogens (tertiary/aromatic N) is 3. The molecule has 0 aromatic heterocycles. The maximum atomic E-state index is 11.1. The molecule has 3 rings (SSSR count). The number of rotatable bonds is 6. The molecule has 1 heterocycles. The number of non-ortho nitro benzene ring substituents is 1. The molecule has 0 radical (unpaired) electrons. The molecule has 124 valence electrons. The van der Waals surface area contributed by atoms with Gasteiger partial charge in [-0.05, 0) is 12.1 Å². The molecule has 1 aliphatic rings. The van der Waals surface area contributed by atoms with Crippen LogP contribution in [-0.2, 0) is 0 Å². The molecule has 2 unspecified atom stereocenters. The average Bonchev–Trinajstić information content (AvgIpc) is 3.33. The van der Waals surface area contributed by atoms with Crippen LogP contribution in [0.15, 0.2) is 42.5 Å². The van der Waals surface area contributed by atoms with Crippen LogP contribution in [0.3, 0.4) is 0 Å². The third-order valence-electron chi connectivity index (χ3n) is 3.63. The van der Waals surface area contributed by atoms with Crippen molar-refractivity contribution in [3.05, 3.63) is 68.3 Å². The lowest BCUT2D eigenvalue weighted by atomic mass is 10.1. The minimum atomic E-state index is -0.704. The summed E-state index contributed by atoms with van der Waals surface area (Å²) in [5.74, 6) is 0.662. The van der Waals surface area contributed by atoms with Gasteiger partial charge in [-0.2, -0.15) is 0 Å². The monoisotopic (exact) mass is 331 g/mol. The Kier molecular flexibility index (Phi) is 4.00. The summed E-state index contributed by atoms with van der Waals surface area (Å²) in [6.45, 7) is 0.536.